The number of aliphatic imine (C=N–C) groups is 1. The minimum atomic E-state index is -0.476. The molecule has 0 unspecified atom stereocenters. The molecule has 1 amide bonds. The van der Waals surface area contributed by atoms with Crippen LogP contribution < -0.4 is 0 Å². The number of thioether (sulfide) groups is 1. The summed E-state index contributed by atoms with van der Waals surface area (Å²) in [5.41, 5.74) is 1.00. The lowest BCUT2D eigenvalue weighted by atomic mass is 10.1. The Morgan fingerprint density at radius 2 is 2.09 bits per heavy atom. The smallest absolute Gasteiger partial charge is 0.283 e. The molecule has 2 aliphatic rings. The molecule has 2 aromatic rings. The number of rotatable bonds is 2. The quantitative estimate of drug-likeness (QED) is 0.856. The first-order valence-electron chi connectivity index (χ1n) is 6.66. The minimum Gasteiger partial charge on any atom is -0.465 e. The normalized spacial score (nSPS) is 19.0. The van der Waals surface area contributed by atoms with E-state index in [1.807, 2.05) is 12.1 Å². The first-order chi connectivity index (χ1) is 11.2. The van der Waals surface area contributed by atoms with E-state index in [4.69, 9.17) is 9.83 Å². The van der Waals surface area contributed by atoms with Crippen molar-refractivity contribution in [1.29, 1.82) is 5.41 Å². The summed E-state index contributed by atoms with van der Waals surface area (Å²) in [5.74, 6) is -0.00813. The van der Waals surface area contributed by atoms with Crippen molar-refractivity contribution in [2.45, 2.75) is 0 Å². The van der Waals surface area contributed by atoms with Gasteiger partial charge in [-0.15, -0.1) is 0 Å². The molecule has 0 aliphatic carbocycles. The Morgan fingerprint density at radius 3 is 2.83 bits per heavy atom. The van der Waals surface area contributed by atoms with E-state index >= 15 is 0 Å². The van der Waals surface area contributed by atoms with Crippen molar-refractivity contribution in [2.75, 3.05) is 0 Å². The molecule has 0 radical (unpaired) electrons. The Bertz CT molecular complexity index is 884. The third kappa shape index (κ3) is 2.38. The number of amides is 1. The topological polar surface area (TPSA) is 94.9 Å². The maximum atomic E-state index is 12.2. The molecule has 0 spiro atoms. The predicted molar refractivity (Wildman–Crippen MR) is 87.1 cm³/mol. The second kappa shape index (κ2) is 5.33. The van der Waals surface area contributed by atoms with Gasteiger partial charge in [0.25, 0.3) is 5.91 Å². The maximum absolute atomic E-state index is 12.2. The van der Waals surface area contributed by atoms with Gasteiger partial charge in [0.1, 0.15) is 10.8 Å². The Kier molecular flexibility index (Phi) is 3.16. The number of carbonyl (C=O) groups is 1. The van der Waals surface area contributed by atoms with E-state index in [2.05, 4.69) is 15.1 Å². The van der Waals surface area contributed by atoms with Crippen molar-refractivity contribution in [3.63, 3.8) is 0 Å². The van der Waals surface area contributed by atoms with E-state index in [1.165, 1.54) is 29.1 Å². The average molecular weight is 323 g/mol. The number of hydrogen-bond acceptors (Lipinski definition) is 6. The van der Waals surface area contributed by atoms with Crippen LogP contribution in [0.2, 0.25) is 0 Å². The summed E-state index contributed by atoms with van der Waals surface area (Å²) in [5, 5.41) is 15.0. The second-order valence-electron chi connectivity index (χ2n) is 4.68. The Labute approximate surface area is 134 Å². The van der Waals surface area contributed by atoms with Crippen LogP contribution in [-0.2, 0) is 4.79 Å². The number of fused-ring (bicyclic) bond motifs is 1. The van der Waals surface area contributed by atoms with Gasteiger partial charge in [-0.3, -0.25) is 15.2 Å². The van der Waals surface area contributed by atoms with Crippen molar-refractivity contribution in [3.8, 4) is 0 Å². The monoisotopic (exact) mass is 323 g/mol. The minimum absolute atomic E-state index is 0.0204. The van der Waals surface area contributed by atoms with Crippen molar-refractivity contribution >= 4 is 39.8 Å². The SMILES string of the molecule is N=C1C(=Cc2ccco2)C(=O)N=C2SC(c3ccncc3)=NN12. The molecule has 4 rings (SSSR count). The molecule has 0 fully saturated rings. The lowest BCUT2D eigenvalue weighted by molar-refractivity contribution is -0.114. The fourth-order valence-electron chi connectivity index (χ4n) is 2.12. The van der Waals surface area contributed by atoms with Crippen LogP contribution in [0.1, 0.15) is 11.3 Å². The van der Waals surface area contributed by atoms with Gasteiger partial charge in [0, 0.05) is 18.0 Å². The molecule has 2 aromatic heterocycles. The average Bonchev–Trinajstić information content (AvgIpc) is 3.22. The summed E-state index contributed by atoms with van der Waals surface area (Å²) >= 11 is 1.25. The highest BCUT2D eigenvalue weighted by molar-refractivity contribution is 8.27. The molecule has 0 aromatic carbocycles. The summed E-state index contributed by atoms with van der Waals surface area (Å²) in [6, 6.07) is 7.05. The van der Waals surface area contributed by atoms with Gasteiger partial charge in [-0.1, -0.05) is 0 Å². The van der Waals surface area contributed by atoms with Gasteiger partial charge in [-0.2, -0.15) is 15.1 Å². The van der Waals surface area contributed by atoms with Crippen molar-refractivity contribution < 1.29 is 9.21 Å². The van der Waals surface area contributed by atoms with E-state index in [-0.39, 0.29) is 11.4 Å². The molecule has 23 heavy (non-hydrogen) atoms. The molecule has 0 atom stereocenters. The number of pyridine rings is 1. The highest BCUT2D eigenvalue weighted by atomic mass is 32.2. The van der Waals surface area contributed by atoms with Crippen molar-refractivity contribution in [1.82, 2.24) is 9.99 Å². The van der Waals surface area contributed by atoms with Crippen molar-refractivity contribution in [2.24, 2.45) is 10.1 Å². The number of amidine groups is 2. The molecule has 7 nitrogen and oxygen atoms in total. The number of hydrogen-bond donors (Lipinski definition) is 1. The summed E-state index contributed by atoms with van der Waals surface area (Å²) in [7, 11) is 0. The molecular weight excluding hydrogens is 314 g/mol. The molecule has 4 heterocycles. The summed E-state index contributed by atoms with van der Waals surface area (Å²) in [4.78, 5) is 20.2. The third-order valence-corrected chi connectivity index (χ3v) is 4.17. The summed E-state index contributed by atoms with van der Waals surface area (Å²) in [6.45, 7) is 0. The summed E-state index contributed by atoms with van der Waals surface area (Å²) in [6.07, 6.45) is 6.32. The third-order valence-electron chi connectivity index (χ3n) is 3.21. The van der Waals surface area contributed by atoms with Crippen LogP contribution in [0.3, 0.4) is 0 Å². The number of furan rings is 1. The van der Waals surface area contributed by atoms with E-state index < -0.39 is 5.91 Å². The standard InChI is InChI=1S/C15H9N5O2S/c16-12-11(8-10-2-1-7-22-10)13(21)18-15-20(12)19-14(23-15)9-3-5-17-6-4-9/h1-8,16H. The van der Waals surface area contributed by atoms with Crippen LogP contribution in [0, 0.1) is 5.41 Å². The number of nitrogens with zero attached hydrogens (tertiary/aromatic N) is 4. The Morgan fingerprint density at radius 1 is 1.26 bits per heavy atom. The molecule has 0 bridgehead atoms. The van der Waals surface area contributed by atoms with E-state index in [1.54, 1.807) is 24.5 Å². The molecular formula is C15H9N5O2S. The molecule has 8 heteroatoms. The van der Waals surface area contributed by atoms with Gasteiger partial charge in [-0.25, -0.2) is 0 Å². The second-order valence-corrected chi connectivity index (χ2v) is 5.63. The first kappa shape index (κ1) is 13.6. The Balaban J connectivity index is 1.71. The highest BCUT2D eigenvalue weighted by Gasteiger charge is 2.36. The summed E-state index contributed by atoms with van der Waals surface area (Å²) < 4.78 is 5.19. The van der Waals surface area contributed by atoms with Crippen LogP contribution in [-0.4, -0.2) is 31.9 Å². The zero-order chi connectivity index (χ0) is 15.8. The molecule has 112 valence electrons. The van der Waals surface area contributed by atoms with Gasteiger partial charge in [0.2, 0.25) is 5.17 Å². The zero-order valence-electron chi connectivity index (χ0n) is 11.6. The molecule has 1 N–H and O–H groups in total. The lowest BCUT2D eigenvalue weighted by Crippen LogP contribution is -2.35. The fraction of sp³-hybridized carbons (Fsp3) is 0. The van der Waals surface area contributed by atoms with Gasteiger partial charge >= 0.3 is 0 Å². The number of aromatic nitrogens is 1. The molecule has 0 saturated carbocycles. The van der Waals surface area contributed by atoms with E-state index in [0.29, 0.717) is 16.0 Å². The maximum Gasteiger partial charge on any atom is 0.283 e. The van der Waals surface area contributed by atoms with Crippen LogP contribution in [0.15, 0.2) is 63.0 Å². The number of carbonyl (C=O) groups excluding carboxylic acids is 1. The van der Waals surface area contributed by atoms with Crippen LogP contribution in [0.5, 0.6) is 0 Å². The first-order valence-corrected chi connectivity index (χ1v) is 7.48. The van der Waals surface area contributed by atoms with Crippen LogP contribution >= 0.6 is 11.8 Å². The molecule has 0 saturated heterocycles. The largest absolute Gasteiger partial charge is 0.465 e. The lowest BCUT2D eigenvalue weighted by Gasteiger charge is -2.19. The van der Waals surface area contributed by atoms with Gasteiger partial charge in [-0.05, 0) is 42.1 Å². The van der Waals surface area contributed by atoms with Crippen LogP contribution in [0.4, 0.5) is 0 Å². The van der Waals surface area contributed by atoms with Crippen molar-refractivity contribution in [3.05, 3.63) is 59.8 Å². The zero-order valence-corrected chi connectivity index (χ0v) is 12.4. The van der Waals surface area contributed by atoms with Gasteiger partial charge in [0.05, 0.1) is 11.8 Å². The van der Waals surface area contributed by atoms with E-state index in [9.17, 15) is 4.79 Å². The van der Waals surface area contributed by atoms with Crippen LogP contribution in [0.25, 0.3) is 6.08 Å². The fourth-order valence-corrected chi connectivity index (χ4v) is 3.02. The number of nitrogens with one attached hydrogen (secondary N) is 1. The highest BCUT2D eigenvalue weighted by Crippen LogP contribution is 2.30. The number of hydrazone groups is 1. The van der Waals surface area contributed by atoms with Gasteiger partial charge in [0.15, 0.2) is 5.84 Å². The molecule has 2 aliphatic heterocycles. The van der Waals surface area contributed by atoms with E-state index in [0.717, 1.165) is 5.56 Å². The van der Waals surface area contributed by atoms with Gasteiger partial charge < -0.3 is 4.42 Å². The Hall–Kier alpha value is -3.00. The predicted octanol–water partition coefficient (Wildman–Crippen LogP) is 2.34.